The summed E-state index contributed by atoms with van der Waals surface area (Å²) in [5, 5.41) is 11.4. The third-order valence-corrected chi connectivity index (χ3v) is 6.73. The van der Waals surface area contributed by atoms with Crippen LogP contribution in [0.25, 0.3) is 11.1 Å². The van der Waals surface area contributed by atoms with E-state index in [9.17, 15) is 9.90 Å². The first kappa shape index (κ1) is 22.8. The van der Waals surface area contributed by atoms with Crippen LogP contribution in [0.3, 0.4) is 0 Å². The van der Waals surface area contributed by atoms with Crippen molar-refractivity contribution in [2.75, 3.05) is 44.8 Å². The Labute approximate surface area is 204 Å². The quantitative estimate of drug-likeness (QED) is 0.540. The van der Waals surface area contributed by atoms with E-state index in [4.69, 9.17) is 21.1 Å². The lowest BCUT2D eigenvalue weighted by Gasteiger charge is -2.32. The van der Waals surface area contributed by atoms with Crippen LogP contribution in [0.5, 0.6) is 11.5 Å². The highest BCUT2D eigenvalue weighted by molar-refractivity contribution is 6.30. The maximum Gasteiger partial charge on any atom is 0.275 e. The summed E-state index contributed by atoms with van der Waals surface area (Å²) in [6.45, 7) is 3.85. The van der Waals surface area contributed by atoms with Crippen LogP contribution in [0.1, 0.15) is 29.6 Å². The van der Waals surface area contributed by atoms with E-state index in [-0.39, 0.29) is 12.5 Å². The smallest absolute Gasteiger partial charge is 0.275 e. The average molecular weight is 482 g/mol. The number of methoxy groups -OCH3 is 1. The molecular formula is C26H28ClN3O4. The van der Waals surface area contributed by atoms with Gasteiger partial charge >= 0.3 is 0 Å². The first-order chi connectivity index (χ1) is 16.5. The molecule has 1 unspecified atom stereocenters. The average Bonchev–Trinajstić information content (AvgIpc) is 3.53. The number of aliphatic hydroxyl groups excluding tert-OH is 1. The van der Waals surface area contributed by atoms with Crippen LogP contribution in [0, 0.1) is 0 Å². The van der Waals surface area contributed by atoms with Crippen molar-refractivity contribution in [3.8, 4) is 22.6 Å². The molecule has 0 spiro atoms. The highest BCUT2D eigenvalue weighted by Crippen LogP contribution is 2.36. The molecule has 0 bridgehead atoms. The van der Waals surface area contributed by atoms with Gasteiger partial charge in [-0.3, -0.25) is 9.69 Å². The molecule has 34 heavy (non-hydrogen) atoms. The number of β-amino-alcohol motifs (C(OH)–C–C–N with tert-alkyl or cyclic N) is 1. The monoisotopic (exact) mass is 481 g/mol. The molecule has 1 aromatic heterocycles. The van der Waals surface area contributed by atoms with E-state index in [1.165, 1.54) is 12.8 Å². The summed E-state index contributed by atoms with van der Waals surface area (Å²) < 4.78 is 13.1. The maximum atomic E-state index is 13.4. The van der Waals surface area contributed by atoms with Gasteiger partial charge in [0.05, 0.1) is 13.7 Å². The predicted octanol–water partition coefficient (Wildman–Crippen LogP) is 4.44. The van der Waals surface area contributed by atoms with Gasteiger partial charge in [0.15, 0.2) is 11.5 Å². The number of hydrogen-bond acceptors (Lipinski definition) is 5. The van der Waals surface area contributed by atoms with Crippen LogP contribution in [-0.2, 0) is 0 Å². The van der Waals surface area contributed by atoms with Crippen molar-refractivity contribution in [3.05, 3.63) is 65.4 Å². The highest BCUT2D eigenvalue weighted by Gasteiger charge is 2.32. The number of anilines is 1. The standard InChI is InChI=1S/C26H28ClN3O4/c1-33-24-15-21(8-9-23(24)34-13-12-28-10-2-3-11-28)29-17-25(31)30-16-19(14-22(30)26(29)32)18-4-6-20(27)7-5-18/h4-9,14-16,25,31H,2-3,10-13,17H2,1H3. The molecule has 1 atom stereocenters. The van der Waals surface area contributed by atoms with Gasteiger partial charge in [0.1, 0.15) is 18.5 Å². The molecule has 0 aliphatic carbocycles. The SMILES string of the molecule is COc1cc(N2CC(O)n3cc(-c4ccc(Cl)cc4)cc3C2=O)ccc1OCCN1CCCC1. The van der Waals surface area contributed by atoms with Gasteiger partial charge in [-0.1, -0.05) is 23.7 Å². The number of carbonyl (C=O) groups excluding carboxylic acids is 1. The van der Waals surface area contributed by atoms with Crippen LogP contribution in [0.4, 0.5) is 5.69 Å². The van der Waals surface area contributed by atoms with Gasteiger partial charge in [-0.05, 0) is 61.8 Å². The molecule has 178 valence electrons. The minimum atomic E-state index is -0.865. The van der Waals surface area contributed by atoms with Crippen molar-refractivity contribution in [1.29, 1.82) is 0 Å². The van der Waals surface area contributed by atoms with Gasteiger partial charge in [0.2, 0.25) is 0 Å². The van der Waals surface area contributed by atoms with Crippen LogP contribution >= 0.6 is 11.6 Å². The van der Waals surface area contributed by atoms with Gasteiger partial charge in [-0.2, -0.15) is 0 Å². The van der Waals surface area contributed by atoms with Gasteiger partial charge in [-0.15, -0.1) is 0 Å². The molecular weight excluding hydrogens is 454 g/mol. The fourth-order valence-corrected chi connectivity index (χ4v) is 4.75. The summed E-state index contributed by atoms with van der Waals surface area (Å²) in [6, 6.07) is 14.6. The predicted molar refractivity (Wildman–Crippen MR) is 132 cm³/mol. The van der Waals surface area contributed by atoms with E-state index in [1.807, 2.05) is 24.3 Å². The molecule has 1 N–H and O–H groups in total. The Balaban J connectivity index is 1.35. The van der Waals surface area contributed by atoms with Crippen LogP contribution < -0.4 is 14.4 Å². The Kier molecular flexibility index (Phi) is 6.50. The Morgan fingerprint density at radius 1 is 1.03 bits per heavy atom. The summed E-state index contributed by atoms with van der Waals surface area (Å²) in [5.74, 6) is 1.02. The van der Waals surface area contributed by atoms with Crippen molar-refractivity contribution in [3.63, 3.8) is 0 Å². The third-order valence-electron chi connectivity index (χ3n) is 6.48. The minimum absolute atomic E-state index is 0.138. The molecule has 2 aliphatic heterocycles. The van der Waals surface area contributed by atoms with E-state index in [0.717, 1.165) is 30.8 Å². The molecule has 3 aromatic rings. The molecule has 3 heterocycles. The third kappa shape index (κ3) is 4.51. The molecule has 0 saturated carbocycles. The number of rotatable bonds is 7. The summed E-state index contributed by atoms with van der Waals surface area (Å²) >= 11 is 6.00. The second-order valence-corrected chi connectivity index (χ2v) is 9.09. The Hall–Kier alpha value is -3.00. The largest absolute Gasteiger partial charge is 0.493 e. The van der Waals surface area contributed by atoms with Crippen molar-refractivity contribution in [2.24, 2.45) is 0 Å². The summed E-state index contributed by atoms with van der Waals surface area (Å²) in [4.78, 5) is 17.3. The van der Waals surface area contributed by atoms with Crippen molar-refractivity contribution >= 4 is 23.2 Å². The van der Waals surface area contributed by atoms with Gasteiger partial charge in [-0.25, -0.2) is 0 Å². The van der Waals surface area contributed by atoms with Crippen molar-refractivity contribution < 1.29 is 19.4 Å². The molecule has 1 fully saturated rings. The molecule has 8 heteroatoms. The number of nitrogens with zero attached hydrogens (tertiary/aromatic N) is 3. The van der Waals surface area contributed by atoms with Gasteiger partial charge < -0.3 is 24.0 Å². The molecule has 7 nitrogen and oxygen atoms in total. The number of likely N-dealkylation sites (tertiary alicyclic amines) is 1. The van der Waals surface area contributed by atoms with Crippen molar-refractivity contribution in [2.45, 2.75) is 19.1 Å². The second-order valence-electron chi connectivity index (χ2n) is 8.66. The first-order valence-electron chi connectivity index (χ1n) is 11.5. The fraction of sp³-hybridized carbons (Fsp3) is 0.346. The summed E-state index contributed by atoms with van der Waals surface area (Å²) in [6.07, 6.45) is 3.43. The first-order valence-corrected chi connectivity index (χ1v) is 11.9. The van der Waals surface area contributed by atoms with Gasteiger partial charge in [0, 0.05) is 35.1 Å². The Morgan fingerprint density at radius 2 is 1.79 bits per heavy atom. The Bertz CT molecular complexity index is 1170. The molecule has 2 aromatic carbocycles. The fourth-order valence-electron chi connectivity index (χ4n) is 4.63. The van der Waals surface area contributed by atoms with Gasteiger partial charge in [0.25, 0.3) is 5.91 Å². The summed E-state index contributed by atoms with van der Waals surface area (Å²) in [5.41, 5.74) is 2.84. The zero-order chi connectivity index (χ0) is 23.7. The maximum absolute atomic E-state index is 13.4. The molecule has 0 radical (unpaired) electrons. The minimum Gasteiger partial charge on any atom is -0.493 e. The summed E-state index contributed by atoms with van der Waals surface area (Å²) in [7, 11) is 1.59. The van der Waals surface area contributed by atoms with E-state index >= 15 is 0 Å². The number of carbonyl (C=O) groups is 1. The zero-order valence-electron chi connectivity index (χ0n) is 19.1. The number of hydrogen-bond donors (Lipinski definition) is 1. The number of halogens is 1. The lowest BCUT2D eigenvalue weighted by atomic mass is 10.1. The lowest BCUT2D eigenvalue weighted by Crippen LogP contribution is -2.42. The van der Waals surface area contributed by atoms with E-state index in [1.54, 1.807) is 47.0 Å². The van der Waals surface area contributed by atoms with Crippen LogP contribution in [0.2, 0.25) is 5.02 Å². The van der Waals surface area contributed by atoms with E-state index in [2.05, 4.69) is 4.90 Å². The Morgan fingerprint density at radius 3 is 2.53 bits per heavy atom. The number of fused-ring (bicyclic) bond motifs is 1. The molecule has 2 aliphatic rings. The van der Waals surface area contributed by atoms with Crippen LogP contribution in [-0.4, -0.2) is 60.4 Å². The lowest BCUT2D eigenvalue weighted by molar-refractivity contribution is 0.0744. The number of aliphatic hydroxyl groups is 1. The zero-order valence-corrected chi connectivity index (χ0v) is 19.9. The van der Waals surface area contributed by atoms with Crippen LogP contribution in [0.15, 0.2) is 54.7 Å². The number of ether oxygens (including phenoxy) is 2. The van der Waals surface area contributed by atoms with E-state index in [0.29, 0.717) is 34.5 Å². The number of aromatic nitrogens is 1. The molecule has 5 rings (SSSR count). The van der Waals surface area contributed by atoms with Crippen molar-refractivity contribution in [1.82, 2.24) is 9.47 Å². The topological polar surface area (TPSA) is 67.2 Å². The number of benzene rings is 2. The second kappa shape index (κ2) is 9.70. The number of amides is 1. The normalized spacial score (nSPS) is 18.3. The van der Waals surface area contributed by atoms with E-state index < -0.39 is 6.23 Å². The molecule has 1 amide bonds. The molecule has 1 saturated heterocycles. The highest BCUT2D eigenvalue weighted by atomic mass is 35.5.